The van der Waals surface area contributed by atoms with Crippen LogP contribution in [0.3, 0.4) is 0 Å². The number of nitrogens with zero attached hydrogens (tertiary/aromatic N) is 1. The maximum Gasteiger partial charge on any atom is 0.293 e. The lowest BCUT2D eigenvalue weighted by atomic mass is 10.0. The first-order valence-electron chi connectivity index (χ1n) is 7.60. The summed E-state index contributed by atoms with van der Waals surface area (Å²) in [6.45, 7) is 1.90. The number of carbonyl (C=O) groups excluding carboxylic acids is 1. The number of fused-ring (bicyclic) bond motifs is 2. The van der Waals surface area contributed by atoms with Gasteiger partial charge in [0.2, 0.25) is 0 Å². The van der Waals surface area contributed by atoms with E-state index in [-0.39, 0.29) is 5.91 Å². The summed E-state index contributed by atoms with van der Waals surface area (Å²) in [6, 6.07) is 5.74. The van der Waals surface area contributed by atoms with E-state index in [2.05, 4.69) is 26.2 Å². The average molecular weight is 391 g/mol. The fourth-order valence-electron chi connectivity index (χ4n) is 2.97. The van der Waals surface area contributed by atoms with Gasteiger partial charge in [-0.1, -0.05) is 15.9 Å². The summed E-state index contributed by atoms with van der Waals surface area (Å²) in [4.78, 5) is 18.4. The molecule has 0 spiro atoms. The Kier molecular flexibility index (Phi) is 3.73. The van der Waals surface area contributed by atoms with Gasteiger partial charge in [0.05, 0.1) is 5.69 Å². The molecule has 1 aliphatic rings. The molecule has 23 heavy (non-hydrogen) atoms. The van der Waals surface area contributed by atoms with Crippen LogP contribution in [0.25, 0.3) is 11.0 Å². The van der Waals surface area contributed by atoms with E-state index < -0.39 is 0 Å². The second-order valence-electron chi connectivity index (χ2n) is 5.75. The number of hydrogen-bond donors (Lipinski definition) is 1. The minimum atomic E-state index is -0.235. The Morgan fingerprint density at radius 2 is 2.17 bits per heavy atom. The molecule has 118 valence electrons. The molecule has 0 radical (unpaired) electrons. The van der Waals surface area contributed by atoms with E-state index in [1.54, 1.807) is 11.3 Å². The van der Waals surface area contributed by atoms with E-state index in [0.29, 0.717) is 16.5 Å². The van der Waals surface area contributed by atoms with E-state index in [4.69, 9.17) is 4.42 Å². The summed E-state index contributed by atoms with van der Waals surface area (Å²) in [7, 11) is 0. The van der Waals surface area contributed by atoms with Crippen LogP contribution < -0.4 is 5.32 Å². The predicted molar refractivity (Wildman–Crippen MR) is 95.4 cm³/mol. The molecule has 4 nitrogen and oxygen atoms in total. The molecule has 3 aromatic rings. The van der Waals surface area contributed by atoms with Crippen LogP contribution in [0, 0.1) is 6.92 Å². The van der Waals surface area contributed by atoms with Gasteiger partial charge in [-0.2, -0.15) is 0 Å². The molecule has 0 saturated carbocycles. The molecule has 0 unspecified atom stereocenters. The first-order valence-corrected chi connectivity index (χ1v) is 9.21. The number of aryl methyl sites for hydroxylation is 3. The molecule has 1 aliphatic carbocycles. The van der Waals surface area contributed by atoms with E-state index >= 15 is 0 Å². The molecular weight excluding hydrogens is 376 g/mol. The number of furan rings is 1. The zero-order valence-corrected chi connectivity index (χ0v) is 15.0. The Labute approximate surface area is 146 Å². The van der Waals surface area contributed by atoms with Crippen LogP contribution in [-0.4, -0.2) is 10.9 Å². The van der Waals surface area contributed by atoms with Gasteiger partial charge in [0.1, 0.15) is 5.58 Å². The number of hydrogen-bond acceptors (Lipinski definition) is 4. The van der Waals surface area contributed by atoms with Gasteiger partial charge in [-0.25, -0.2) is 4.98 Å². The van der Waals surface area contributed by atoms with Gasteiger partial charge in [-0.3, -0.25) is 10.1 Å². The van der Waals surface area contributed by atoms with Crippen LogP contribution in [0.1, 0.15) is 39.5 Å². The number of benzene rings is 1. The van der Waals surface area contributed by atoms with Crippen LogP contribution in [-0.2, 0) is 12.8 Å². The van der Waals surface area contributed by atoms with Crippen molar-refractivity contribution >= 4 is 49.3 Å². The third-order valence-corrected chi connectivity index (χ3v) is 5.74. The van der Waals surface area contributed by atoms with Crippen molar-refractivity contribution in [2.75, 3.05) is 5.32 Å². The molecule has 2 aromatic heterocycles. The molecule has 0 bridgehead atoms. The number of halogens is 1. The van der Waals surface area contributed by atoms with E-state index in [0.717, 1.165) is 34.0 Å². The van der Waals surface area contributed by atoms with Crippen molar-refractivity contribution in [1.82, 2.24) is 4.98 Å². The highest BCUT2D eigenvalue weighted by Crippen LogP contribution is 2.31. The maximum absolute atomic E-state index is 12.6. The number of aromatic nitrogens is 1. The highest BCUT2D eigenvalue weighted by molar-refractivity contribution is 9.10. The van der Waals surface area contributed by atoms with E-state index in [1.165, 1.54) is 17.7 Å². The molecule has 0 aliphatic heterocycles. The number of carbonyl (C=O) groups is 1. The molecule has 0 atom stereocenters. The van der Waals surface area contributed by atoms with Crippen LogP contribution in [0.4, 0.5) is 5.13 Å². The lowest BCUT2D eigenvalue weighted by molar-refractivity contribution is 0.0998. The average Bonchev–Trinajstić information content (AvgIpc) is 3.08. The Bertz CT molecular complexity index is 889. The Hall–Kier alpha value is -1.66. The first kappa shape index (κ1) is 14.9. The van der Waals surface area contributed by atoms with Crippen molar-refractivity contribution in [1.29, 1.82) is 0 Å². The van der Waals surface area contributed by atoms with E-state index in [1.807, 2.05) is 25.1 Å². The second kappa shape index (κ2) is 5.76. The molecule has 1 aromatic carbocycles. The van der Waals surface area contributed by atoms with Crippen molar-refractivity contribution in [2.45, 2.75) is 32.6 Å². The zero-order chi connectivity index (χ0) is 16.0. The van der Waals surface area contributed by atoms with Gasteiger partial charge in [-0.05, 0) is 50.8 Å². The molecule has 0 saturated heterocycles. The normalized spacial score (nSPS) is 14.0. The van der Waals surface area contributed by atoms with Crippen LogP contribution in [0.15, 0.2) is 27.1 Å². The number of thiazole rings is 1. The molecule has 4 rings (SSSR count). The fraction of sp³-hybridized carbons (Fsp3) is 0.294. The third kappa shape index (κ3) is 2.70. The lowest BCUT2D eigenvalue weighted by Gasteiger charge is -2.06. The smallest absolute Gasteiger partial charge is 0.293 e. The molecule has 6 heteroatoms. The minimum Gasteiger partial charge on any atom is -0.451 e. The lowest BCUT2D eigenvalue weighted by Crippen LogP contribution is -2.12. The molecule has 0 fully saturated rings. The van der Waals surface area contributed by atoms with Gasteiger partial charge in [0.25, 0.3) is 5.91 Å². The monoisotopic (exact) mass is 390 g/mol. The Balaban J connectivity index is 1.64. The number of nitrogens with one attached hydrogen (secondary N) is 1. The fourth-order valence-corrected chi connectivity index (χ4v) is 4.38. The summed E-state index contributed by atoms with van der Waals surface area (Å²) < 4.78 is 6.70. The SMILES string of the molecule is Cc1c(C(=O)Nc2nc3c(s2)CCCC3)oc2ccc(Br)cc12. The first-order chi connectivity index (χ1) is 11.1. The second-order valence-corrected chi connectivity index (χ2v) is 7.75. The van der Waals surface area contributed by atoms with Crippen molar-refractivity contribution < 1.29 is 9.21 Å². The summed E-state index contributed by atoms with van der Waals surface area (Å²) in [5.74, 6) is 0.118. The van der Waals surface area contributed by atoms with Crippen LogP contribution in [0.2, 0.25) is 0 Å². The van der Waals surface area contributed by atoms with Gasteiger partial charge in [0.15, 0.2) is 10.9 Å². The summed E-state index contributed by atoms with van der Waals surface area (Å²) in [6.07, 6.45) is 4.47. The largest absolute Gasteiger partial charge is 0.451 e. The Morgan fingerprint density at radius 1 is 1.35 bits per heavy atom. The maximum atomic E-state index is 12.6. The van der Waals surface area contributed by atoms with Crippen molar-refractivity contribution in [2.24, 2.45) is 0 Å². The van der Waals surface area contributed by atoms with Crippen molar-refractivity contribution in [3.05, 3.63) is 44.6 Å². The number of anilines is 1. The predicted octanol–water partition coefficient (Wildman–Crippen LogP) is 5.09. The Morgan fingerprint density at radius 3 is 3.00 bits per heavy atom. The van der Waals surface area contributed by atoms with Crippen LogP contribution in [0.5, 0.6) is 0 Å². The summed E-state index contributed by atoms with van der Waals surface area (Å²) in [5.41, 5.74) is 2.70. The highest BCUT2D eigenvalue weighted by atomic mass is 79.9. The molecular formula is C17H15BrN2O2S. The van der Waals surface area contributed by atoms with Gasteiger partial charge < -0.3 is 4.42 Å². The van der Waals surface area contributed by atoms with Gasteiger partial charge in [-0.15, -0.1) is 11.3 Å². The van der Waals surface area contributed by atoms with Gasteiger partial charge in [0, 0.05) is 20.3 Å². The molecule has 1 N–H and O–H groups in total. The van der Waals surface area contributed by atoms with Crippen LogP contribution >= 0.6 is 27.3 Å². The molecule has 1 amide bonds. The molecule has 2 heterocycles. The quantitative estimate of drug-likeness (QED) is 0.662. The summed E-state index contributed by atoms with van der Waals surface area (Å²) >= 11 is 5.03. The zero-order valence-electron chi connectivity index (χ0n) is 12.6. The number of rotatable bonds is 2. The third-order valence-electron chi connectivity index (χ3n) is 4.17. The van der Waals surface area contributed by atoms with Crippen molar-refractivity contribution in [3.63, 3.8) is 0 Å². The summed E-state index contributed by atoms with van der Waals surface area (Å²) in [5, 5.41) is 4.51. The standard InChI is InChI=1S/C17H15BrN2O2S/c1-9-11-8-10(18)6-7-13(11)22-15(9)16(21)20-17-19-12-4-2-3-5-14(12)23-17/h6-8H,2-5H2,1H3,(H,19,20,21). The van der Waals surface area contributed by atoms with E-state index in [9.17, 15) is 4.79 Å². The van der Waals surface area contributed by atoms with Gasteiger partial charge >= 0.3 is 0 Å². The highest BCUT2D eigenvalue weighted by Gasteiger charge is 2.21. The topological polar surface area (TPSA) is 55.1 Å². The number of amides is 1. The van der Waals surface area contributed by atoms with Crippen molar-refractivity contribution in [3.8, 4) is 0 Å². The minimum absolute atomic E-state index is 0.235.